The summed E-state index contributed by atoms with van der Waals surface area (Å²) < 4.78 is 38.4. The summed E-state index contributed by atoms with van der Waals surface area (Å²) in [5.41, 5.74) is 0.233. The van der Waals surface area contributed by atoms with Gasteiger partial charge in [-0.25, -0.2) is 4.79 Å². The highest BCUT2D eigenvalue weighted by molar-refractivity contribution is 5.93. The number of rotatable bonds is 1. The van der Waals surface area contributed by atoms with E-state index in [1.807, 2.05) is 0 Å². The van der Waals surface area contributed by atoms with Gasteiger partial charge in [0.1, 0.15) is 0 Å². The lowest BCUT2D eigenvalue weighted by Crippen LogP contribution is -2.46. The van der Waals surface area contributed by atoms with Crippen LogP contribution in [0.4, 0.5) is 23.7 Å². The van der Waals surface area contributed by atoms with E-state index >= 15 is 0 Å². The van der Waals surface area contributed by atoms with Gasteiger partial charge in [0.2, 0.25) is 0 Å². The molecule has 2 heterocycles. The summed E-state index contributed by atoms with van der Waals surface area (Å²) in [5.74, 6) is 0. The van der Waals surface area contributed by atoms with Crippen molar-refractivity contribution in [3.63, 3.8) is 0 Å². The van der Waals surface area contributed by atoms with E-state index in [2.05, 4.69) is 16.0 Å². The molecule has 0 saturated carbocycles. The molecular weight excluding hydrogens is 271 g/mol. The maximum Gasteiger partial charge on any atom is 0.416 e. The molecule has 2 aliphatic rings. The fourth-order valence-corrected chi connectivity index (χ4v) is 2.80. The van der Waals surface area contributed by atoms with Crippen LogP contribution in [-0.4, -0.2) is 18.6 Å². The second-order valence-corrected chi connectivity index (χ2v) is 5.08. The Morgan fingerprint density at radius 3 is 2.70 bits per heavy atom. The summed E-state index contributed by atoms with van der Waals surface area (Å²) >= 11 is 0. The van der Waals surface area contributed by atoms with E-state index in [0.717, 1.165) is 31.5 Å². The van der Waals surface area contributed by atoms with Crippen molar-refractivity contribution in [1.82, 2.24) is 10.6 Å². The van der Waals surface area contributed by atoms with E-state index < -0.39 is 17.8 Å². The maximum atomic E-state index is 12.8. The molecule has 7 heteroatoms. The van der Waals surface area contributed by atoms with Crippen molar-refractivity contribution < 1.29 is 18.0 Å². The molecule has 0 spiro atoms. The van der Waals surface area contributed by atoms with Crippen molar-refractivity contribution in [2.75, 3.05) is 11.9 Å². The average Bonchev–Trinajstić information content (AvgIpc) is 2.89. The van der Waals surface area contributed by atoms with Gasteiger partial charge in [-0.1, -0.05) is 0 Å². The zero-order valence-electron chi connectivity index (χ0n) is 10.6. The number of benzene rings is 1. The van der Waals surface area contributed by atoms with Gasteiger partial charge in [0.15, 0.2) is 0 Å². The second kappa shape index (κ2) is 4.66. The number of carbonyl (C=O) groups is 1. The highest BCUT2D eigenvalue weighted by Gasteiger charge is 2.36. The van der Waals surface area contributed by atoms with Gasteiger partial charge < -0.3 is 16.0 Å². The Balaban J connectivity index is 2.01. The Bertz CT molecular complexity index is 538. The molecule has 0 aliphatic carbocycles. The number of hydrogen-bond acceptors (Lipinski definition) is 2. The first-order valence-electron chi connectivity index (χ1n) is 6.47. The van der Waals surface area contributed by atoms with Crippen LogP contribution in [-0.2, 0) is 6.18 Å². The van der Waals surface area contributed by atoms with Crippen molar-refractivity contribution in [3.8, 4) is 0 Å². The molecule has 1 saturated heterocycles. The van der Waals surface area contributed by atoms with E-state index in [1.165, 1.54) is 6.07 Å². The van der Waals surface area contributed by atoms with E-state index in [-0.39, 0.29) is 12.1 Å². The van der Waals surface area contributed by atoms with Crippen LogP contribution < -0.4 is 16.0 Å². The van der Waals surface area contributed by atoms with Crippen LogP contribution in [0.1, 0.15) is 30.0 Å². The van der Waals surface area contributed by atoms with Crippen molar-refractivity contribution in [3.05, 3.63) is 29.3 Å². The Morgan fingerprint density at radius 2 is 2.05 bits per heavy atom. The third-order valence-electron chi connectivity index (χ3n) is 3.75. The lowest BCUT2D eigenvalue weighted by atomic mass is 9.93. The Kier molecular flexibility index (Phi) is 3.08. The topological polar surface area (TPSA) is 53.2 Å². The lowest BCUT2D eigenvalue weighted by Gasteiger charge is -2.32. The standard InChI is InChI=1S/C13H14F3N3O/c14-13(15,16)7-3-4-9-8(6-7)11(19-12(20)18-9)10-2-1-5-17-10/h3-4,6,10-11,17H,1-2,5H2,(H2,18,19,20). The van der Waals surface area contributed by atoms with Crippen LogP contribution in [0, 0.1) is 0 Å². The fraction of sp³-hybridized carbons (Fsp3) is 0.462. The lowest BCUT2D eigenvalue weighted by molar-refractivity contribution is -0.137. The van der Waals surface area contributed by atoms with Crippen LogP contribution in [0.3, 0.4) is 0 Å². The summed E-state index contributed by atoms with van der Waals surface area (Å²) in [6, 6.07) is 2.59. The number of anilines is 1. The third-order valence-corrected chi connectivity index (χ3v) is 3.75. The van der Waals surface area contributed by atoms with Crippen LogP contribution in [0.25, 0.3) is 0 Å². The largest absolute Gasteiger partial charge is 0.416 e. The van der Waals surface area contributed by atoms with E-state index in [0.29, 0.717) is 11.3 Å². The van der Waals surface area contributed by atoms with Gasteiger partial charge in [-0.3, -0.25) is 0 Å². The first-order chi connectivity index (χ1) is 9.45. The molecule has 2 aliphatic heterocycles. The van der Waals surface area contributed by atoms with Gasteiger partial charge in [-0.2, -0.15) is 13.2 Å². The van der Waals surface area contributed by atoms with E-state index in [4.69, 9.17) is 0 Å². The van der Waals surface area contributed by atoms with Crippen LogP contribution in [0.2, 0.25) is 0 Å². The number of halogens is 3. The van der Waals surface area contributed by atoms with Crippen LogP contribution in [0.15, 0.2) is 18.2 Å². The first kappa shape index (κ1) is 13.2. The first-order valence-corrected chi connectivity index (χ1v) is 6.47. The highest BCUT2D eigenvalue weighted by Crippen LogP contribution is 2.37. The number of hydrogen-bond donors (Lipinski definition) is 3. The van der Waals surface area contributed by atoms with Gasteiger partial charge in [0.25, 0.3) is 0 Å². The minimum atomic E-state index is -4.38. The molecular formula is C13H14F3N3O. The Labute approximate surface area is 113 Å². The summed E-state index contributed by atoms with van der Waals surface area (Å²) in [7, 11) is 0. The monoisotopic (exact) mass is 285 g/mol. The normalized spacial score (nSPS) is 25.9. The van der Waals surface area contributed by atoms with Crippen molar-refractivity contribution in [2.45, 2.75) is 31.1 Å². The molecule has 20 heavy (non-hydrogen) atoms. The molecule has 1 aromatic carbocycles. The van der Waals surface area contributed by atoms with Gasteiger partial charge >= 0.3 is 12.2 Å². The Morgan fingerprint density at radius 1 is 1.25 bits per heavy atom. The zero-order chi connectivity index (χ0) is 14.3. The molecule has 108 valence electrons. The highest BCUT2D eigenvalue weighted by atomic mass is 19.4. The second-order valence-electron chi connectivity index (χ2n) is 5.08. The number of amides is 2. The molecule has 0 aromatic heterocycles. The summed E-state index contributed by atoms with van der Waals surface area (Å²) in [6.07, 6.45) is -2.59. The molecule has 0 bridgehead atoms. The summed E-state index contributed by atoms with van der Waals surface area (Å²) in [5, 5.41) is 8.48. The molecule has 2 unspecified atom stereocenters. The Hall–Kier alpha value is -1.76. The fourth-order valence-electron chi connectivity index (χ4n) is 2.80. The maximum absolute atomic E-state index is 12.8. The minimum absolute atomic E-state index is 0.0247. The van der Waals surface area contributed by atoms with E-state index in [1.54, 1.807) is 0 Å². The van der Waals surface area contributed by atoms with Gasteiger partial charge in [0, 0.05) is 17.3 Å². The van der Waals surface area contributed by atoms with Gasteiger partial charge in [-0.05, 0) is 37.6 Å². The number of fused-ring (bicyclic) bond motifs is 1. The van der Waals surface area contributed by atoms with Crippen LogP contribution in [0.5, 0.6) is 0 Å². The molecule has 3 rings (SSSR count). The average molecular weight is 285 g/mol. The smallest absolute Gasteiger partial charge is 0.329 e. The van der Waals surface area contributed by atoms with Crippen molar-refractivity contribution >= 4 is 11.7 Å². The zero-order valence-corrected chi connectivity index (χ0v) is 10.6. The van der Waals surface area contributed by atoms with E-state index in [9.17, 15) is 18.0 Å². The third kappa shape index (κ3) is 2.33. The number of carbonyl (C=O) groups excluding carboxylic acids is 1. The molecule has 1 fully saturated rings. The van der Waals surface area contributed by atoms with Crippen molar-refractivity contribution in [2.24, 2.45) is 0 Å². The molecule has 2 atom stereocenters. The van der Waals surface area contributed by atoms with Crippen molar-refractivity contribution in [1.29, 1.82) is 0 Å². The molecule has 4 nitrogen and oxygen atoms in total. The quantitative estimate of drug-likeness (QED) is 0.743. The predicted molar refractivity (Wildman–Crippen MR) is 67.4 cm³/mol. The molecule has 1 aromatic rings. The van der Waals surface area contributed by atoms with Gasteiger partial charge in [0.05, 0.1) is 11.6 Å². The number of alkyl halides is 3. The molecule has 0 radical (unpaired) electrons. The van der Waals surface area contributed by atoms with Crippen LogP contribution >= 0.6 is 0 Å². The predicted octanol–water partition coefficient (Wildman–Crippen LogP) is 2.63. The van der Waals surface area contributed by atoms with Gasteiger partial charge in [-0.15, -0.1) is 0 Å². The minimum Gasteiger partial charge on any atom is -0.329 e. The summed E-state index contributed by atoms with van der Waals surface area (Å²) in [4.78, 5) is 11.6. The molecule has 2 amide bonds. The number of nitrogens with one attached hydrogen (secondary N) is 3. The number of urea groups is 1. The summed E-state index contributed by atoms with van der Waals surface area (Å²) in [6.45, 7) is 0.818. The SMILES string of the molecule is O=C1Nc2ccc(C(F)(F)F)cc2C(C2CCCN2)N1. The molecule has 3 N–H and O–H groups in total.